The van der Waals surface area contributed by atoms with Gasteiger partial charge in [-0.3, -0.25) is 4.79 Å². The largest absolute Gasteiger partial charge is 0.382 e. The molecule has 6 nitrogen and oxygen atoms in total. The van der Waals surface area contributed by atoms with Crippen LogP contribution in [0, 0.1) is 13.8 Å². The van der Waals surface area contributed by atoms with Gasteiger partial charge in [0.1, 0.15) is 0 Å². The summed E-state index contributed by atoms with van der Waals surface area (Å²) in [6.45, 7) is 3.85. The van der Waals surface area contributed by atoms with Crippen LogP contribution in [-0.4, -0.2) is 20.9 Å². The summed E-state index contributed by atoms with van der Waals surface area (Å²) in [6.07, 6.45) is 0. The number of hydrogen-bond donors (Lipinski definition) is 2. The Morgan fingerprint density at radius 1 is 1.12 bits per heavy atom. The summed E-state index contributed by atoms with van der Waals surface area (Å²) in [7, 11) is 0. The van der Waals surface area contributed by atoms with E-state index in [0.717, 1.165) is 16.8 Å². The van der Waals surface area contributed by atoms with Crippen molar-refractivity contribution >= 4 is 29.0 Å². The molecule has 0 aliphatic rings. The van der Waals surface area contributed by atoms with E-state index >= 15 is 0 Å². The van der Waals surface area contributed by atoms with Gasteiger partial charge in [0.25, 0.3) is 5.91 Å². The van der Waals surface area contributed by atoms with Crippen molar-refractivity contribution in [2.24, 2.45) is 0 Å². The van der Waals surface area contributed by atoms with Crippen LogP contribution in [0.3, 0.4) is 0 Å². The highest BCUT2D eigenvalue weighted by Crippen LogP contribution is 2.22. The number of aryl methyl sites for hydroxylation is 2. The van der Waals surface area contributed by atoms with E-state index in [0.29, 0.717) is 10.7 Å². The van der Waals surface area contributed by atoms with E-state index in [-0.39, 0.29) is 11.5 Å². The lowest BCUT2D eigenvalue weighted by atomic mass is 10.1. The Balaban J connectivity index is 1.90. The number of hydrogen-bond acceptors (Lipinski definition) is 4. The summed E-state index contributed by atoms with van der Waals surface area (Å²) < 4.78 is 1.40. The van der Waals surface area contributed by atoms with Gasteiger partial charge >= 0.3 is 0 Å². The summed E-state index contributed by atoms with van der Waals surface area (Å²) in [6, 6.07) is 12.7. The second kappa shape index (κ2) is 6.33. The predicted molar refractivity (Wildman–Crippen MR) is 94.7 cm³/mol. The Morgan fingerprint density at radius 3 is 2.38 bits per heavy atom. The van der Waals surface area contributed by atoms with E-state index in [1.807, 2.05) is 32.0 Å². The minimum atomic E-state index is -0.398. The number of para-hydroxylation sites is 1. The quantitative estimate of drug-likeness (QED) is 0.764. The van der Waals surface area contributed by atoms with Crippen LogP contribution in [-0.2, 0) is 0 Å². The number of anilines is 2. The number of amides is 1. The van der Waals surface area contributed by atoms with Gasteiger partial charge in [0.15, 0.2) is 11.5 Å². The van der Waals surface area contributed by atoms with Crippen molar-refractivity contribution in [3.8, 4) is 5.69 Å². The third kappa shape index (κ3) is 2.96. The molecule has 3 rings (SSSR count). The van der Waals surface area contributed by atoms with Crippen LogP contribution in [0.15, 0.2) is 42.5 Å². The van der Waals surface area contributed by atoms with Crippen molar-refractivity contribution < 1.29 is 4.79 Å². The molecule has 1 amide bonds. The van der Waals surface area contributed by atoms with Gasteiger partial charge < -0.3 is 11.1 Å². The maximum atomic E-state index is 12.5. The van der Waals surface area contributed by atoms with E-state index in [1.165, 1.54) is 4.68 Å². The molecule has 1 aromatic heterocycles. The minimum Gasteiger partial charge on any atom is -0.382 e. The Kier molecular flexibility index (Phi) is 4.22. The second-order valence-corrected chi connectivity index (χ2v) is 5.87. The van der Waals surface area contributed by atoms with Gasteiger partial charge in [-0.2, -0.15) is 4.68 Å². The van der Waals surface area contributed by atoms with Gasteiger partial charge in [-0.25, -0.2) is 0 Å². The molecule has 7 heteroatoms. The van der Waals surface area contributed by atoms with E-state index < -0.39 is 5.91 Å². The maximum Gasteiger partial charge on any atom is 0.280 e. The predicted octanol–water partition coefficient (Wildman–Crippen LogP) is 3.37. The van der Waals surface area contributed by atoms with Crippen LogP contribution in [0.2, 0.25) is 5.02 Å². The van der Waals surface area contributed by atoms with E-state index in [9.17, 15) is 4.79 Å². The van der Waals surface area contributed by atoms with E-state index in [1.54, 1.807) is 24.3 Å². The van der Waals surface area contributed by atoms with Crippen LogP contribution >= 0.6 is 11.6 Å². The number of rotatable bonds is 3. The molecule has 0 aliphatic heterocycles. The summed E-state index contributed by atoms with van der Waals surface area (Å²) in [5, 5.41) is 11.3. The Bertz CT molecular complexity index is 882. The van der Waals surface area contributed by atoms with E-state index in [2.05, 4.69) is 15.6 Å². The first kappa shape index (κ1) is 16.0. The molecule has 122 valence electrons. The van der Waals surface area contributed by atoms with Crippen LogP contribution in [0.5, 0.6) is 0 Å². The van der Waals surface area contributed by atoms with Gasteiger partial charge in [-0.05, 0) is 49.2 Å². The molecule has 24 heavy (non-hydrogen) atoms. The number of nitrogens with one attached hydrogen (secondary N) is 1. The van der Waals surface area contributed by atoms with Crippen molar-refractivity contribution in [3.63, 3.8) is 0 Å². The third-order valence-corrected chi connectivity index (χ3v) is 3.96. The highest BCUT2D eigenvalue weighted by atomic mass is 35.5. The van der Waals surface area contributed by atoms with Gasteiger partial charge in [-0.15, -0.1) is 5.10 Å². The zero-order valence-electron chi connectivity index (χ0n) is 13.2. The minimum absolute atomic E-state index is 0.0765. The summed E-state index contributed by atoms with van der Waals surface area (Å²) in [5.41, 5.74) is 9.48. The Labute approximate surface area is 144 Å². The number of carbonyl (C=O) groups excluding carboxylic acids is 1. The molecule has 0 bridgehead atoms. The van der Waals surface area contributed by atoms with Crippen LogP contribution < -0.4 is 11.1 Å². The zero-order valence-corrected chi connectivity index (χ0v) is 14.0. The molecule has 1 heterocycles. The highest BCUT2D eigenvalue weighted by molar-refractivity contribution is 6.30. The van der Waals surface area contributed by atoms with Crippen LogP contribution in [0.4, 0.5) is 11.5 Å². The zero-order chi connectivity index (χ0) is 17.3. The van der Waals surface area contributed by atoms with Crippen LogP contribution in [0.1, 0.15) is 21.6 Å². The molecule has 0 fully saturated rings. The van der Waals surface area contributed by atoms with Crippen molar-refractivity contribution in [3.05, 3.63) is 64.3 Å². The average Bonchev–Trinajstić information content (AvgIpc) is 2.93. The lowest BCUT2D eigenvalue weighted by molar-refractivity contribution is 0.102. The molecular formula is C17H16ClN5O. The van der Waals surface area contributed by atoms with Crippen molar-refractivity contribution in [2.45, 2.75) is 13.8 Å². The van der Waals surface area contributed by atoms with Gasteiger partial charge in [0.05, 0.1) is 5.69 Å². The maximum absolute atomic E-state index is 12.5. The summed E-state index contributed by atoms with van der Waals surface area (Å²) in [4.78, 5) is 12.5. The second-order valence-electron chi connectivity index (χ2n) is 5.43. The fourth-order valence-corrected chi connectivity index (χ4v) is 2.53. The first-order valence-electron chi connectivity index (χ1n) is 7.32. The SMILES string of the molecule is Cc1cccc(C)c1NC(=O)c1nnn(-c2ccc(Cl)cc2)c1N. The standard InChI is InChI=1S/C17H16ClN5O/c1-10-4-3-5-11(2)14(10)20-17(24)15-16(19)23(22-21-15)13-8-6-12(18)7-9-13/h3-9H,19H2,1-2H3,(H,20,24). The third-order valence-electron chi connectivity index (χ3n) is 3.71. The topological polar surface area (TPSA) is 85.8 Å². The lowest BCUT2D eigenvalue weighted by Crippen LogP contribution is -2.16. The molecule has 0 saturated carbocycles. The molecule has 0 saturated heterocycles. The molecule has 0 atom stereocenters. The smallest absolute Gasteiger partial charge is 0.280 e. The molecule has 0 aliphatic carbocycles. The van der Waals surface area contributed by atoms with Gasteiger partial charge in [-0.1, -0.05) is 35.0 Å². The first-order chi connectivity index (χ1) is 11.5. The van der Waals surface area contributed by atoms with Crippen molar-refractivity contribution in [2.75, 3.05) is 11.1 Å². The number of benzene rings is 2. The van der Waals surface area contributed by atoms with Gasteiger partial charge in [0, 0.05) is 10.7 Å². The number of nitrogens with zero attached hydrogens (tertiary/aromatic N) is 3. The Hall–Kier alpha value is -2.86. The number of halogens is 1. The van der Waals surface area contributed by atoms with Gasteiger partial charge in [0.2, 0.25) is 0 Å². The monoisotopic (exact) mass is 341 g/mol. The first-order valence-corrected chi connectivity index (χ1v) is 7.70. The molecule has 0 spiro atoms. The summed E-state index contributed by atoms with van der Waals surface area (Å²) in [5.74, 6) is -0.230. The number of nitrogens with two attached hydrogens (primary N) is 1. The number of carbonyl (C=O) groups is 1. The van der Waals surface area contributed by atoms with Crippen molar-refractivity contribution in [1.82, 2.24) is 15.0 Å². The van der Waals surface area contributed by atoms with E-state index in [4.69, 9.17) is 17.3 Å². The van der Waals surface area contributed by atoms with Crippen LogP contribution in [0.25, 0.3) is 5.69 Å². The normalized spacial score (nSPS) is 10.6. The average molecular weight is 342 g/mol. The highest BCUT2D eigenvalue weighted by Gasteiger charge is 2.19. The molecular weight excluding hydrogens is 326 g/mol. The molecule has 3 N–H and O–H groups in total. The lowest BCUT2D eigenvalue weighted by Gasteiger charge is -2.10. The molecule has 0 radical (unpaired) electrons. The molecule has 3 aromatic rings. The Morgan fingerprint density at radius 2 is 1.75 bits per heavy atom. The summed E-state index contributed by atoms with van der Waals surface area (Å²) >= 11 is 5.87. The van der Waals surface area contributed by atoms with Crippen molar-refractivity contribution in [1.29, 1.82) is 0 Å². The molecule has 2 aromatic carbocycles. The fourth-order valence-electron chi connectivity index (χ4n) is 2.41. The molecule has 0 unspecified atom stereocenters. The fraction of sp³-hybridized carbons (Fsp3) is 0.118. The number of nitrogen functional groups attached to an aromatic ring is 1. The number of aromatic nitrogens is 3.